The zero-order valence-corrected chi connectivity index (χ0v) is 9.83. The molecule has 0 aromatic carbocycles. The highest BCUT2D eigenvalue weighted by Crippen LogP contribution is 2.21. The molecule has 5 heteroatoms. The molecule has 15 heavy (non-hydrogen) atoms. The molecule has 82 valence electrons. The van der Waals surface area contributed by atoms with E-state index in [1.54, 1.807) is 6.07 Å². The molecule has 2 N–H and O–H groups in total. The van der Waals surface area contributed by atoms with Gasteiger partial charge in [-0.25, -0.2) is 0 Å². The summed E-state index contributed by atoms with van der Waals surface area (Å²) in [5.74, 6) is -0.0521. The van der Waals surface area contributed by atoms with Gasteiger partial charge in [0.25, 0.3) is 5.91 Å². The lowest BCUT2D eigenvalue weighted by Gasteiger charge is -2.23. The van der Waals surface area contributed by atoms with E-state index in [4.69, 9.17) is 11.6 Å². The van der Waals surface area contributed by atoms with Crippen LogP contribution in [-0.2, 0) is 0 Å². The van der Waals surface area contributed by atoms with Crippen LogP contribution in [0.5, 0.6) is 0 Å². The van der Waals surface area contributed by atoms with E-state index in [2.05, 4.69) is 10.6 Å². The summed E-state index contributed by atoms with van der Waals surface area (Å²) >= 11 is 7.27. The first-order valence-electron chi connectivity index (χ1n) is 5.02. The first-order chi connectivity index (χ1) is 7.27. The van der Waals surface area contributed by atoms with E-state index in [1.807, 2.05) is 5.38 Å². The largest absolute Gasteiger partial charge is 0.347 e. The summed E-state index contributed by atoms with van der Waals surface area (Å²) in [6.07, 6.45) is 2.16. The SMILES string of the molecule is O=C(N[C@@H]1CCCNC1)c1sccc1Cl. The Bertz CT molecular complexity index is 347. The molecule has 2 rings (SSSR count). The number of amides is 1. The van der Waals surface area contributed by atoms with Gasteiger partial charge in [0.15, 0.2) is 0 Å². The van der Waals surface area contributed by atoms with Crippen LogP contribution >= 0.6 is 22.9 Å². The van der Waals surface area contributed by atoms with E-state index >= 15 is 0 Å². The number of halogens is 1. The van der Waals surface area contributed by atoms with Gasteiger partial charge in [0.05, 0.1) is 5.02 Å². The fraction of sp³-hybridized carbons (Fsp3) is 0.500. The standard InChI is InChI=1S/C10H13ClN2OS/c11-8-3-5-15-9(8)10(14)13-7-2-1-4-12-6-7/h3,5,7,12H,1-2,4,6H2,(H,13,14)/t7-/m1/s1. The van der Waals surface area contributed by atoms with Crippen molar-refractivity contribution in [2.24, 2.45) is 0 Å². The van der Waals surface area contributed by atoms with Gasteiger partial charge in [-0.1, -0.05) is 11.6 Å². The molecule has 0 unspecified atom stereocenters. The molecule has 0 saturated carbocycles. The summed E-state index contributed by atoms with van der Waals surface area (Å²) in [6, 6.07) is 1.99. The van der Waals surface area contributed by atoms with Crippen LogP contribution in [0.3, 0.4) is 0 Å². The van der Waals surface area contributed by atoms with Gasteiger partial charge in [0.2, 0.25) is 0 Å². The van der Waals surface area contributed by atoms with Gasteiger partial charge in [-0.2, -0.15) is 0 Å². The van der Waals surface area contributed by atoms with Crippen LogP contribution < -0.4 is 10.6 Å². The molecule has 1 aromatic heterocycles. The lowest BCUT2D eigenvalue weighted by molar-refractivity contribution is 0.0935. The Morgan fingerprint density at radius 3 is 3.13 bits per heavy atom. The number of piperidine rings is 1. The third kappa shape index (κ3) is 2.71. The smallest absolute Gasteiger partial charge is 0.263 e. The van der Waals surface area contributed by atoms with Gasteiger partial charge in [-0.05, 0) is 30.8 Å². The molecular weight excluding hydrogens is 232 g/mol. The van der Waals surface area contributed by atoms with Crippen molar-refractivity contribution >= 4 is 28.8 Å². The maximum Gasteiger partial charge on any atom is 0.263 e. The summed E-state index contributed by atoms with van der Waals surface area (Å²) in [4.78, 5) is 12.4. The van der Waals surface area contributed by atoms with Crippen molar-refractivity contribution in [2.75, 3.05) is 13.1 Å². The third-order valence-corrected chi connectivity index (χ3v) is 3.80. The van der Waals surface area contributed by atoms with Gasteiger partial charge >= 0.3 is 0 Å². The second kappa shape index (κ2) is 4.96. The fourth-order valence-corrected chi connectivity index (χ4v) is 2.73. The minimum atomic E-state index is -0.0521. The Labute approximate surface area is 97.8 Å². The molecular formula is C10H13ClN2OS. The van der Waals surface area contributed by atoms with Crippen LogP contribution in [0.1, 0.15) is 22.5 Å². The molecule has 1 atom stereocenters. The Hall–Kier alpha value is -0.580. The van der Waals surface area contributed by atoms with Gasteiger partial charge in [0, 0.05) is 12.6 Å². The Morgan fingerprint density at radius 1 is 1.67 bits per heavy atom. The van der Waals surface area contributed by atoms with E-state index in [0.717, 1.165) is 25.9 Å². The average molecular weight is 245 g/mol. The van der Waals surface area contributed by atoms with Crippen molar-refractivity contribution < 1.29 is 4.79 Å². The highest BCUT2D eigenvalue weighted by Gasteiger charge is 2.18. The van der Waals surface area contributed by atoms with Crippen molar-refractivity contribution in [1.29, 1.82) is 0 Å². The predicted molar refractivity (Wildman–Crippen MR) is 62.7 cm³/mol. The number of rotatable bonds is 2. The molecule has 0 radical (unpaired) electrons. The van der Waals surface area contributed by atoms with Crippen molar-refractivity contribution in [3.8, 4) is 0 Å². The molecule has 1 aliphatic rings. The van der Waals surface area contributed by atoms with Crippen LogP contribution in [0.4, 0.5) is 0 Å². The number of carbonyl (C=O) groups excluding carboxylic acids is 1. The van der Waals surface area contributed by atoms with E-state index in [0.29, 0.717) is 9.90 Å². The molecule has 1 aromatic rings. The summed E-state index contributed by atoms with van der Waals surface area (Å²) in [5, 5.41) is 8.61. The van der Waals surface area contributed by atoms with Gasteiger partial charge in [-0.3, -0.25) is 4.79 Å². The number of hydrogen-bond acceptors (Lipinski definition) is 3. The Morgan fingerprint density at radius 2 is 2.53 bits per heavy atom. The molecule has 2 heterocycles. The molecule has 1 saturated heterocycles. The average Bonchev–Trinajstić information content (AvgIpc) is 2.66. The monoisotopic (exact) mass is 244 g/mol. The van der Waals surface area contributed by atoms with Crippen LogP contribution in [0.2, 0.25) is 5.02 Å². The first-order valence-corrected chi connectivity index (χ1v) is 6.27. The van der Waals surface area contributed by atoms with Crippen LogP contribution in [0, 0.1) is 0 Å². The summed E-state index contributed by atoms with van der Waals surface area (Å²) in [6.45, 7) is 1.90. The summed E-state index contributed by atoms with van der Waals surface area (Å²) < 4.78 is 0. The minimum absolute atomic E-state index is 0.0521. The zero-order valence-electron chi connectivity index (χ0n) is 8.25. The van der Waals surface area contributed by atoms with E-state index < -0.39 is 0 Å². The number of thiophene rings is 1. The van der Waals surface area contributed by atoms with Crippen LogP contribution in [0.25, 0.3) is 0 Å². The summed E-state index contributed by atoms with van der Waals surface area (Å²) in [5.41, 5.74) is 0. The molecule has 1 aliphatic heterocycles. The molecule has 0 bridgehead atoms. The molecule has 1 amide bonds. The fourth-order valence-electron chi connectivity index (χ4n) is 1.68. The topological polar surface area (TPSA) is 41.1 Å². The number of carbonyl (C=O) groups is 1. The Kier molecular flexibility index (Phi) is 3.61. The van der Waals surface area contributed by atoms with E-state index in [-0.39, 0.29) is 11.9 Å². The molecule has 0 spiro atoms. The van der Waals surface area contributed by atoms with Crippen LogP contribution in [0.15, 0.2) is 11.4 Å². The third-order valence-electron chi connectivity index (χ3n) is 2.46. The maximum atomic E-state index is 11.8. The highest BCUT2D eigenvalue weighted by atomic mass is 35.5. The van der Waals surface area contributed by atoms with Gasteiger partial charge in [-0.15, -0.1) is 11.3 Å². The minimum Gasteiger partial charge on any atom is -0.347 e. The lowest BCUT2D eigenvalue weighted by Crippen LogP contribution is -2.45. The second-order valence-electron chi connectivity index (χ2n) is 3.61. The molecule has 1 fully saturated rings. The highest BCUT2D eigenvalue weighted by molar-refractivity contribution is 7.12. The summed E-state index contributed by atoms with van der Waals surface area (Å²) in [7, 11) is 0. The maximum absolute atomic E-state index is 11.8. The van der Waals surface area contributed by atoms with E-state index in [9.17, 15) is 4.79 Å². The lowest BCUT2D eigenvalue weighted by atomic mass is 10.1. The normalized spacial score (nSPS) is 21.3. The van der Waals surface area contributed by atoms with Crippen molar-refractivity contribution in [3.63, 3.8) is 0 Å². The quantitative estimate of drug-likeness (QED) is 0.834. The predicted octanol–water partition coefficient (Wildman–Crippen LogP) is 1.88. The second-order valence-corrected chi connectivity index (χ2v) is 4.94. The first kappa shape index (κ1) is 10.9. The van der Waals surface area contributed by atoms with Crippen LogP contribution in [-0.4, -0.2) is 25.0 Å². The van der Waals surface area contributed by atoms with Gasteiger partial charge < -0.3 is 10.6 Å². The molecule has 3 nitrogen and oxygen atoms in total. The van der Waals surface area contributed by atoms with Crippen molar-refractivity contribution in [1.82, 2.24) is 10.6 Å². The number of nitrogens with one attached hydrogen (secondary N) is 2. The van der Waals surface area contributed by atoms with Crippen molar-refractivity contribution in [3.05, 3.63) is 21.3 Å². The van der Waals surface area contributed by atoms with E-state index in [1.165, 1.54) is 11.3 Å². The zero-order chi connectivity index (χ0) is 10.7. The van der Waals surface area contributed by atoms with Crippen molar-refractivity contribution in [2.45, 2.75) is 18.9 Å². The van der Waals surface area contributed by atoms with Gasteiger partial charge in [0.1, 0.15) is 4.88 Å². The molecule has 0 aliphatic carbocycles. The number of hydrogen-bond donors (Lipinski definition) is 2. The Balaban J connectivity index is 1.94.